The van der Waals surface area contributed by atoms with E-state index in [0.29, 0.717) is 28.1 Å². The summed E-state index contributed by atoms with van der Waals surface area (Å²) in [5.74, 6) is 0.381. The maximum Gasteiger partial charge on any atom is 0.253 e. The van der Waals surface area contributed by atoms with Crippen molar-refractivity contribution in [1.29, 1.82) is 0 Å². The zero-order valence-corrected chi connectivity index (χ0v) is 20.4. The van der Waals surface area contributed by atoms with Crippen LogP contribution in [0.4, 0.5) is 5.69 Å². The monoisotopic (exact) mass is 493 g/mol. The second-order valence-electron chi connectivity index (χ2n) is 7.66. The summed E-state index contributed by atoms with van der Waals surface area (Å²) in [5.41, 5.74) is 1.15. The number of fused-ring (bicyclic) bond motifs is 1. The van der Waals surface area contributed by atoms with Gasteiger partial charge in [-0.15, -0.1) is 10.2 Å². The number of hydrogen-bond donors (Lipinski definition) is 2. The highest BCUT2D eigenvalue weighted by molar-refractivity contribution is 7.99. The first kappa shape index (κ1) is 23.8. The molecule has 0 fully saturated rings. The molecule has 0 unspecified atom stereocenters. The van der Waals surface area contributed by atoms with E-state index < -0.39 is 6.04 Å². The van der Waals surface area contributed by atoms with Crippen molar-refractivity contribution in [2.24, 2.45) is 0 Å². The second-order valence-corrected chi connectivity index (χ2v) is 9.01. The van der Waals surface area contributed by atoms with Crippen LogP contribution in [-0.4, -0.2) is 32.3 Å². The number of thioether (sulfide) groups is 1. The highest BCUT2D eigenvalue weighted by Crippen LogP contribution is 2.23. The van der Waals surface area contributed by atoms with E-state index >= 15 is 0 Å². The Kier molecular flexibility index (Phi) is 7.49. The Morgan fingerprint density at radius 1 is 1.03 bits per heavy atom. The van der Waals surface area contributed by atoms with E-state index in [2.05, 4.69) is 20.8 Å². The largest absolute Gasteiger partial charge is 0.342 e. The van der Waals surface area contributed by atoms with Crippen molar-refractivity contribution < 1.29 is 9.59 Å². The predicted molar refractivity (Wildman–Crippen MR) is 136 cm³/mol. The van der Waals surface area contributed by atoms with Crippen molar-refractivity contribution in [2.75, 3.05) is 11.1 Å². The summed E-state index contributed by atoms with van der Waals surface area (Å²) in [4.78, 5) is 25.2. The number of amides is 2. The quantitative estimate of drug-likeness (QED) is 0.324. The highest BCUT2D eigenvalue weighted by atomic mass is 35.5. The van der Waals surface area contributed by atoms with Crippen LogP contribution < -0.4 is 10.6 Å². The third kappa shape index (κ3) is 5.40. The van der Waals surface area contributed by atoms with Crippen molar-refractivity contribution in [1.82, 2.24) is 20.1 Å². The normalized spacial score (nSPS) is 11.9. The van der Waals surface area contributed by atoms with Gasteiger partial charge in [-0.2, -0.15) is 0 Å². The molecule has 3 aromatic carbocycles. The fraction of sp³-hybridized carbons (Fsp3) is 0.200. The number of nitrogens with one attached hydrogen (secondary N) is 2. The van der Waals surface area contributed by atoms with Gasteiger partial charge in [0.05, 0.1) is 22.4 Å². The molecule has 0 saturated heterocycles. The number of benzene rings is 3. The van der Waals surface area contributed by atoms with Crippen LogP contribution in [0.2, 0.25) is 5.02 Å². The van der Waals surface area contributed by atoms with Gasteiger partial charge in [-0.3, -0.25) is 9.59 Å². The zero-order valence-electron chi connectivity index (χ0n) is 18.8. The molecule has 34 heavy (non-hydrogen) atoms. The average Bonchev–Trinajstić information content (AvgIpc) is 3.26. The molecule has 0 saturated carbocycles. The first-order valence-electron chi connectivity index (χ1n) is 10.9. The minimum absolute atomic E-state index is 0.132. The number of nitrogens with zero attached hydrogens (tertiary/aromatic N) is 3. The average molecular weight is 494 g/mol. The SMILES string of the molecule is CCn1c(SCC(=O)Nc2ccc3ccccc3c2)nnc1[C@@H](C)NC(=O)c1ccccc1Cl. The molecule has 0 spiro atoms. The van der Waals surface area contributed by atoms with Crippen LogP contribution in [0.1, 0.15) is 36.1 Å². The number of hydrogen-bond acceptors (Lipinski definition) is 5. The molecule has 7 nitrogen and oxygen atoms in total. The Balaban J connectivity index is 1.39. The van der Waals surface area contributed by atoms with Gasteiger partial charge in [-0.25, -0.2) is 0 Å². The van der Waals surface area contributed by atoms with E-state index in [1.54, 1.807) is 24.3 Å². The molecule has 2 amide bonds. The fourth-order valence-corrected chi connectivity index (χ4v) is 4.63. The molecule has 4 rings (SSSR count). The second kappa shape index (κ2) is 10.7. The van der Waals surface area contributed by atoms with Crippen LogP contribution >= 0.6 is 23.4 Å². The summed E-state index contributed by atoms with van der Waals surface area (Å²) in [6, 6.07) is 20.3. The van der Waals surface area contributed by atoms with E-state index in [4.69, 9.17) is 11.6 Å². The van der Waals surface area contributed by atoms with E-state index in [-0.39, 0.29) is 17.6 Å². The Labute approximate surface area is 206 Å². The molecule has 174 valence electrons. The van der Waals surface area contributed by atoms with Gasteiger partial charge < -0.3 is 15.2 Å². The number of anilines is 1. The van der Waals surface area contributed by atoms with Gasteiger partial charge in [0.15, 0.2) is 11.0 Å². The summed E-state index contributed by atoms with van der Waals surface area (Å²) in [6.45, 7) is 4.41. The van der Waals surface area contributed by atoms with Gasteiger partial charge in [-0.1, -0.05) is 65.8 Å². The Bertz CT molecular complexity index is 1340. The maximum atomic E-state index is 12.6. The maximum absolute atomic E-state index is 12.6. The van der Waals surface area contributed by atoms with Gasteiger partial charge in [0, 0.05) is 12.2 Å². The molecule has 0 aliphatic heterocycles. The van der Waals surface area contributed by atoms with Gasteiger partial charge in [0.1, 0.15) is 0 Å². The van der Waals surface area contributed by atoms with E-state index in [1.807, 2.05) is 60.9 Å². The number of halogens is 1. The molecule has 0 aliphatic carbocycles. The first-order valence-corrected chi connectivity index (χ1v) is 12.2. The van der Waals surface area contributed by atoms with Crippen LogP contribution in [-0.2, 0) is 11.3 Å². The number of carbonyl (C=O) groups is 2. The molecule has 2 N–H and O–H groups in total. The Hall–Kier alpha value is -3.36. The van der Waals surface area contributed by atoms with Gasteiger partial charge in [-0.05, 0) is 48.9 Å². The lowest BCUT2D eigenvalue weighted by Crippen LogP contribution is -2.29. The summed E-state index contributed by atoms with van der Waals surface area (Å²) in [6.07, 6.45) is 0. The van der Waals surface area contributed by atoms with Crippen molar-refractivity contribution in [3.05, 3.63) is 83.1 Å². The molecule has 0 bridgehead atoms. The summed E-state index contributed by atoms with van der Waals surface area (Å²) in [7, 11) is 0. The first-order chi connectivity index (χ1) is 16.5. The number of carbonyl (C=O) groups excluding carboxylic acids is 2. The Morgan fingerprint density at radius 3 is 2.53 bits per heavy atom. The molecule has 0 radical (unpaired) electrons. The van der Waals surface area contributed by atoms with E-state index in [0.717, 1.165) is 16.5 Å². The topological polar surface area (TPSA) is 88.9 Å². The van der Waals surface area contributed by atoms with Crippen molar-refractivity contribution in [2.45, 2.75) is 31.6 Å². The highest BCUT2D eigenvalue weighted by Gasteiger charge is 2.21. The summed E-state index contributed by atoms with van der Waals surface area (Å²) < 4.78 is 1.89. The van der Waals surface area contributed by atoms with Crippen LogP contribution in [0, 0.1) is 0 Å². The third-order valence-corrected chi connectivity index (χ3v) is 6.58. The van der Waals surface area contributed by atoms with Crippen LogP contribution in [0.3, 0.4) is 0 Å². The summed E-state index contributed by atoms with van der Waals surface area (Å²) in [5, 5.41) is 17.5. The minimum Gasteiger partial charge on any atom is -0.342 e. The molecule has 4 aromatic rings. The molecular weight excluding hydrogens is 470 g/mol. The lowest BCUT2D eigenvalue weighted by molar-refractivity contribution is -0.113. The molecule has 1 aromatic heterocycles. The standard InChI is InChI=1S/C25H24ClN5O2S/c1-3-31-23(16(2)27-24(33)20-10-6-7-11-21(20)26)29-30-25(31)34-15-22(32)28-19-13-12-17-8-4-5-9-18(17)14-19/h4-14,16H,3,15H2,1-2H3,(H,27,33)(H,28,32)/t16-/m1/s1. The molecule has 1 heterocycles. The predicted octanol–water partition coefficient (Wildman–Crippen LogP) is 5.33. The molecular formula is C25H24ClN5O2S. The zero-order chi connectivity index (χ0) is 24.1. The molecule has 9 heteroatoms. The summed E-state index contributed by atoms with van der Waals surface area (Å²) >= 11 is 7.44. The van der Waals surface area contributed by atoms with Crippen LogP contribution in [0.5, 0.6) is 0 Å². The number of rotatable bonds is 8. The van der Waals surface area contributed by atoms with Crippen LogP contribution in [0.25, 0.3) is 10.8 Å². The van der Waals surface area contributed by atoms with Gasteiger partial charge in [0.2, 0.25) is 5.91 Å². The molecule has 0 aliphatic rings. The minimum atomic E-state index is -0.392. The smallest absolute Gasteiger partial charge is 0.253 e. The van der Waals surface area contributed by atoms with Crippen molar-refractivity contribution >= 4 is 51.6 Å². The fourth-order valence-electron chi connectivity index (χ4n) is 3.60. The molecule has 1 atom stereocenters. The number of aromatic nitrogens is 3. The van der Waals surface area contributed by atoms with Crippen molar-refractivity contribution in [3.63, 3.8) is 0 Å². The van der Waals surface area contributed by atoms with Crippen LogP contribution in [0.15, 0.2) is 71.9 Å². The third-order valence-electron chi connectivity index (χ3n) is 5.28. The van der Waals surface area contributed by atoms with E-state index in [1.165, 1.54) is 11.8 Å². The Morgan fingerprint density at radius 2 is 1.76 bits per heavy atom. The van der Waals surface area contributed by atoms with Gasteiger partial charge >= 0.3 is 0 Å². The van der Waals surface area contributed by atoms with E-state index in [9.17, 15) is 9.59 Å². The van der Waals surface area contributed by atoms with Gasteiger partial charge in [0.25, 0.3) is 5.91 Å². The van der Waals surface area contributed by atoms with Crippen molar-refractivity contribution in [3.8, 4) is 0 Å². The lowest BCUT2D eigenvalue weighted by atomic mass is 10.1. The lowest BCUT2D eigenvalue weighted by Gasteiger charge is -2.15.